The molecule has 0 fully saturated rings. The summed E-state index contributed by atoms with van der Waals surface area (Å²) >= 11 is 5.66. The molecular formula is C23H39ClO8. The zero-order valence-electron chi connectivity index (χ0n) is 20.0. The average Bonchev–Trinajstić information content (AvgIpc) is 2.68. The van der Waals surface area contributed by atoms with Gasteiger partial charge in [-0.25, -0.2) is 0 Å². The van der Waals surface area contributed by atoms with Gasteiger partial charge in [-0.05, 0) is 19.3 Å². The van der Waals surface area contributed by atoms with Crippen molar-refractivity contribution in [3.63, 3.8) is 0 Å². The highest BCUT2D eigenvalue weighted by molar-refractivity contribution is 6.19. The van der Waals surface area contributed by atoms with Gasteiger partial charge >= 0.3 is 23.9 Å². The molecule has 186 valence electrons. The zero-order valence-corrected chi connectivity index (χ0v) is 20.8. The molecule has 9 heteroatoms. The van der Waals surface area contributed by atoms with Crippen LogP contribution in [0, 0.1) is 11.8 Å². The highest BCUT2D eigenvalue weighted by atomic mass is 35.5. The second-order valence-corrected chi connectivity index (χ2v) is 8.87. The summed E-state index contributed by atoms with van der Waals surface area (Å²) in [4.78, 5) is 45.8. The monoisotopic (exact) mass is 478 g/mol. The van der Waals surface area contributed by atoms with E-state index in [4.69, 9.17) is 30.5 Å². The normalized spacial score (nSPS) is 13.7. The summed E-state index contributed by atoms with van der Waals surface area (Å²) < 4.78 is 20.0. The molecule has 0 aliphatic rings. The standard InChI is InChI=1S/C23H39ClO8/c1-16(11-9-7-6-8-10-12-17(2)23(28)31-18(3)24)13-22(27)32-21(14-29-19(4)25)15-30-20(5)26/h16-18,21H,6-15H2,1-5H3. The highest BCUT2D eigenvalue weighted by Crippen LogP contribution is 2.18. The first-order valence-electron chi connectivity index (χ1n) is 11.3. The molecule has 8 nitrogen and oxygen atoms in total. The van der Waals surface area contributed by atoms with Crippen LogP contribution in [0.3, 0.4) is 0 Å². The maximum atomic E-state index is 12.2. The molecule has 0 rings (SSSR count). The molecule has 0 saturated carbocycles. The van der Waals surface area contributed by atoms with Gasteiger partial charge in [-0.2, -0.15) is 0 Å². The van der Waals surface area contributed by atoms with Crippen LogP contribution >= 0.6 is 11.6 Å². The van der Waals surface area contributed by atoms with Crippen LogP contribution in [0.4, 0.5) is 0 Å². The van der Waals surface area contributed by atoms with Gasteiger partial charge in [0.1, 0.15) is 13.2 Å². The molecule has 0 aromatic heterocycles. The summed E-state index contributed by atoms with van der Waals surface area (Å²) in [5.74, 6) is -1.65. The summed E-state index contributed by atoms with van der Waals surface area (Å²) in [7, 11) is 0. The minimum atomic E-state index is -0.810. The number of carbonyl (C=O) groups excluding carboxylic acids is 4. The first kappa shape index (κ1) is 30.2. The lowest BCUT2D eigenvalue weighted by molar-refractivity contribution is -0.166. The van der Waals surface area contributed by atoms with E-state index in [1.165, 1.54) is 13.8 Å². The maximum absolute atomic E-state index is 12.2. The second kappa shape index (κ2) is 17.7. The van der Waals surface area contributed by atoms with Crippen molar-refractivity contribution in [2.75, 3.05) is 13.2 Å². The van der Waals surface area contributed by atoms with Crippen molar-refractivity contribution >= 4 is 35.5 Å². The highest BCUT2D eigenvalue weighted by Gasteiger charge is 2.20. The number of hydrogen-bond donors (Lipinski definition) is 0. The van der Waals surface area contributed by atoms with Crippen molar-refractivity contribution in [1.29, 1.82) is 0 Å². The summed E-state index contributed by atoms with van der Waals surface area (Å²) in [5, 5.41) is 0. The minimum Gasteiger partial charge on any atom is -0.462 e. The van der Waals surface area contributed by atoms with E-state index in [0.717, 1.165) is 44.9 Å². The van der Waals surface area contributed by atoms with E-state index in [1.807, 2.05) is 13.8 Å². The van der Waals surface area contributed by atoms with Gasteiger partial charge in [0.2, 0.25) is 0 Å². The Morgan fingerprint density at radius 2 is 1.25 bits per heavy atom. The largest absolute Gasteiger partial charge is 0.462 e. The Morgan fingerprint density at radius 3 is 1.75 bits per heavy atom. The lowest BCUT2D eigenvalue weighted by Crippen LogP contribution is -2.30. The van der Waals surface area contributed by atoms with Crippen molar-refractivity contribution in [3.05, 3.63) is 0 Å². The molecule has 0 aliphatic heterocycles. The molecule has 0 amide bonds. The van der Waals surface area contributed by atoms with E-state index in [2.05, 4.69) is 0 Å². The topological polar surface area (TPSA) is 105 Å². The summed E-state index contributed by atoms with van der Waals surface area (Å²) in [6, 6.07) is 0. The van der Waals surface area contributed by atoms with Crippen molar-refractivity contribution in [2.45, 2.75) is 97.7 Å². The van der Waals surface area contributed by atoms with Gasteiger partial charge in [-0.15, -0.1) is 0 Å². The fourth-order valence-electron chi connectivity index (χ4n) is 3.03. The van der Waals surface area contributed by atoms with Gasteiger partial charge < -0.3 is 18.9 Å². The number of ether oxygens (including phenoxy) is 4. The third-order valence-electron chi connectivity index (χ3n) is 4.77. The van der Waals surface area contributed by atoms with Gasteiger partial charge in [-0.3, -0.25) is 19.2 Å². The summed E-state index contributed by atoms with van der Waals surface area (Å²) in [6.07, 6.45) is 6.23. The number of unbranched alkanes of at least 4 members (excludes halogenated alkanes) is 4. The zero-order chi connectivity index (χ0) is 24.5. The molecule has 3 unspecified atom stereocenters. The van der Waals surface area contributed by atoms with E-state index < -0.39 is 29.6 Å². The predicted octanol–water partition coefficient (Wildman–Crippen LogP) is 4.55. The van der Waals surface area contributed by atoms with E-state index in [-0.39, 0.29) is 37.4 Å². The molecule has 0 saturated heterocycles. The number of alkyl halides is 1. The number of esters is 4. The molecule has 0 spiro atoms. The Morgan fingerprint density at radius 1 is 0.750 bits per heavy atom. The van der Waals surface area contributed by atoms with Crippen molar-refractivity contribution in [1.82, 2.24) is 0 Å². The van der Waals surface area contributed by atoms with Gasteiger partial charge in [0, 0.05) is 20.3 Å². The molecule has 0 heterocycles. The lowest BCUT2D eigenvalue weighted by Gasteiger charge is -2.18. The Hall–Kier alpha value is -1.83. The average molecular weight is 479 g/mol. The quantitative estimate of drug-likeness (QED) is 0.130. The van der Waals surface area contributed by atoms with Crippen molar-refractivity contribution < 1.29 is 38.1 Å². The predicted molar refractivity (Wildman–Crippen MR) is 120 cm³/mol. The molecule has 0 aromatic carbocycles. The van der Waals surface area contributed by atoms with Crippen LogP contribution in [0.25, 0.3) is 0 Å². The van der Waals surface area contributed by atoms with Crippen LogP contribution in [0.5, 0.6) is 0 Å². The van der Waals surface area contributed by atoms with E-state index in [9.17, 15) is 19.2 Å². The Bertz CT molecular complexity index is 560. The van der Waals surface area contributed by atoms with Crippen LogP contribution in [-0.4, -0.2) is 48.8 Å². The van der Waals surface area contributed by atoms with E-state index in [1.54, 1.807) is 6.92 Å². The Balaban J connectivity index is 3.99. The number of carbonyl (C=O) groups is 4. The summed E-state index contributed by atoms with van der Waals surface area (Å²) in [5.41, 5.74) is -0.599. The Labute approximate surface area is 196 Å². The second-order valence-electron chi connectivity index (χ2n) is 8.25. The van der Waals surface area contributed by atoms with Crippen LogP contribution in [0.1, 0.15) is 86.0 Å². The van der Waals surface area contributed by atoms with Crippen molar-refractivity contribution in [2.24, 2.45) is 11.8 Å². The SMILES string of the molecule is CC(=O)OCC(COC(C)=O)OC(=O)CC(C)CCCCCCCC(C)C(=O)OC(C)Cl. The lowest BCUT2D eigenvalue weighted by atomic mass is 9.98. The maximum Gasteiger partial charge on any atom is 0.310 e. The van der Waals surface area contributed by atoms with Crippen LogP contribution in [-0.2, 0) is 38.1 Å². The fraction of sp³-hybridized carbons (Fsp3) is 0.826. The van der Waals surface area contributed by atoms with Crippen LogP contribution in [0.15, 0.2) is 0 Å². The first-order chi connectivity index (χ1) is 15.0. The number of rotatable bonds is 17. The third-order valence-corrected chi connectivity index (χ3v) is 4.86. The van der Waals surface area contributed by atoms with Gasteiger partial charge in [0.15, 0.2) is 11.7 Å². The summed E-state index contributed by atoms with van der Waals surface area (Å²) in [6.45, 7) is 7.67. The molecule has 3 atom stereocenters. The molecule has 0 aromatic rings. The van der Waals surface area contributed by atoms with Crippen LogP contribution in [0.2, 0.25) is 0 Å². The molecular weight excluding hydrogens is 440 g/mol. The van der Waals surface area contributed by atoms with Gasteiger partial charge in [0.05, 0.1) is 5.92 Å². The number of hydrogen-bond acceptors (Lipinski definition) is 8. The number of halogens is 1. The molecule has 0 N–H and O–H groups in total. The van der Waals surface area contributed by atoms with Gasteiger partial charge in [0.25, 0.3) is 0 Å². The third kappa shape index (κ3) is 17.8. The Kier molecular flexibility index (Phi) is 16.7. The molecule has 0 aliphatic carbocycles. The van der Waals surface area contributed by atoms with Gasteiger partial charge in [-0.1, -0.05) is 64.0 Å². The smallest absolute Gasteiger partial charge is 0.310 e. The molecule has 0 radical (unpaired) electrons. The van der Waals surface area contributed by atoms with Crippen LogP contribution < -0.4 is 0 Å². The molecule has 0 bridgehead atoms. The van der Waals surface area contributed by atoms with E-state index in [0.29, 0.717) is 0 Å². The van der Waals surface area contributed by atoms with Crippen molar-refractivity contribution in [3.8, 4) is 0 Å². The van der Waals surface area contributed by atoms with E-state index >= 15 is 0 Å². The first-order valence-corrected chi connectivity index (χ1v) is 11.8. The minimum absolute atomic E-state index is 0.146. The molecule has 32 heavy (non-hydrogen) atoms. The fourth-order valence-corrected chi connectivity index (χ4v) is 3.11.